The Labute approximate surface area is 110 Å². The van der Waals surface area contributed by atoms with Gasteiger partial charge in [0.25, 0.3) is 0 Å². The monoisotopic (exact) mass is 257 g/mol. The number of hydrogen-bond donors (Lipinski definition) is 2. The fraction of sp³-hybridized carbons (Fsp3) is 1.00. The molecule has 0 aromatic rings. The lowest BCUT2D eigenvalue weighted by Crippen LogP contribution is -2.47. The molecule has 2 aliphatic rings. The van der Waals surface area contributed by atoms with Crippen molar-refractivity contribution in [1.82, 2.24) is 5.32 Å². The van der Waals surface area contributed by atoms with E-state index in [0.717, 1.165) is 11.2 Å². The van der Waals surface area contributed by atoms with Gasteiger partial charge >= 0.3 is 0 Å². The fourth-order valence-electron chi connectivity index (χ4n) is 2.67. The number of hydrogen-bond acceptors (Lipinski definition) is 3. The number of aliphatic hydroxyl groups excluding tert-OH is 1. The van der Waals surface area contributed by atoms with E-state index in [9.17, 15) is 5.11 Å². The highest BCUT2D eigenvalue weighted by Gasteiger charge is 2.41. The van der Waals surface area contributed by atoms with Gasteiger partial charge in [0.2, 0.25) is 0 Å². The molecular weight excluding hydrogens is 230 g/mol. The van der Waals surface area contributed by atoms with Crippen LogP contribution in [0.15, 0.2) is 0 Å². The van der Waals surface area contributed by atoms with Crippen LogP contribution in [0.5, 0.6) is 0 Å². The van der Waals surface area contributed by atoms with Crippen molar-refractivity contribution < 1.29 is 5.11 Å². The van der Waals surface area contributed by atoms with Gasteiger partial charge in [-0.3, -0.25) is 0 Å². The minimum Gasteiger partial charge on any atom is -0.394 e. The third kappa shape index (κ3) is 4.15. The Morgan fingerprint density at radius 2 is 2.12 bits per heavy atom. The van der Waals surface area contributed by atoms with Crippen molar-refractivity contribution in [3.63, 3.8) is 0 Å². The average Bonchev–Trinajstić information content (AvgIpc) is 2.99. The van der Waals surface area contributed by atoms with Crippen LogP contribution in [0.3, 0.4) is 0 Å². The Morgan fingerprint density at radius 3 is 2.71 bits per heavy atom. The van der Waals surface area contributed by atoms with Crippen molar-refractivity contribution in [2.24, 2.45) is 5.92 Å². The van der Waals surface area contributed by atoms with Gasteiger partial charge in [0.05, 0.1) is 6.61 Å². The summed E-state index contributed by atoms with van der Waals surface area (Å²) in [6, 6.07) is 0.710. The standard InChI is InChI=1S/C14H27NOS/c1-11(2)6-8-17-13-5-7-14(9-13,10-16)15-12-3-4-12/h11-13,15-16H,3-10H2,1-2H3. The summed E-state index contributed by atoms with van der Waals surface area (Å²) in [6.07, 6.45) is 7.56. The molecule has 0 radical (unpaired) electrons. The van der Waals surface area contributed by atoms with Gasteiger partial charge in [0.15, 0.2) is 0 Å². The summed E-state index contributed by atoms with van der Waals surface area (Å²) in [7, 11) is 0. The van der Waals surface area contributed by atoms with E-state index >= 15 is 0 Å². The smallest absolute Gasteiger partial charge is 0.0613 e. The van der Waals surface area contributed by atoms with Crippen molar-refractivity contribution in [3.8, 4) is 0 Å². The fourth-order valence-corrected chi connectivity index (χ4v) is 4.33. The lowest BCUT2D eigenvalue weighted by Gasteiger charge is -2.28. The SMILES string of the molecule is CC(C)CCSC1CCC(CO)(NC2CC2)C1. The van der Waals surface area contributed by atoms with E-state index in [1.807, 2.05) is 0 Å². The highest BCUT2D eigenvalue weighted by molar-refractivity contribution is 7.99. The second-order valence-corrected chi connectivity index (χ2v) is 7.68. The maximum Gasteiger partial charge on any atom is 0.0613 e. The first-order valence-corrected chi connectivity index (χ1v) is 8.18. The van der Waals surface area contributed by atoms with Gasteiger partial charge in [-0.05, 0) is 50.2 Å². The van der Waals surface area contributed by atoms with Crippen molar-refractivity contribution in [2.75, 3.05) is 12.4 Å². The Balaban J connectivity index is 1.72. The second kappa shape index (κ2) is 5.94. The van der Waals surface area contributed by atoms with E-state index < -0.39 is 0 Å². The van der Waals surface area contributed by atoms with E-state index in [1.54, 1.807) is 0 Å². The van der Waals surface area contributed by atoms with E-state index in [4.69, 9.17) is 0 Å². The first-order chi connectivity index (χ1) is 8.13. The number of aliphatic hydroxyl groups is 1. The number of rotatable bonds is 7. The summed E-state index contributed by atoms with van der Waals surface area (Å²) >= 11 is 2.13. The van der Waals surface area contributed by atoms with Crippen molar-refractivity contribution >= 4 is 11.8 Å². The van der Waals surface area contributed by atoms with Gasteiger partial charge in [-0.2, -0.15) is 11.8 Å². The molecule has 0 saturated heterocycles. The molecule has 2 rings (SSSR count). The van der Waals surface area contributed by atoms with Crippen LogP contribution < -0.4 is 5.32 Å². The molecule has 0 aliphatic heterocycles. The summed E-state index contributed by atoms with van der Waals surface area (Å²) in [4.78, 5) is 0. The molecule has 2 aliphatic carbocycles. The van der Waals surface area contributed by atoms with Crippen LogP contribution >= 0.6 is 11.8 Å². The first-order valence-electron chi connectivity index (χ1n) is 7.14. The molecule has 0 bridgehead atoms. The summed E-state index contributed by atoms with van der Waals surface area (Å²) < 4.78 is 0. The van der Waals surface area contributed by atoms with E-state index in [0.29, 0.717) is 12.6 Å². The van der Waals surface area contributed by atoms with Crippen LogP contribution in [0.1, 0.15) is 52.4 Å². The molecule has 0 aromatic carbocycles. The molecule has 2 N–H and O–H groups in total. The summed E-state index contributed by atoms with van der Waals surface area (Å²) in [6.45, 7) is 4.91. The van der Waals surface area contributed by atoms with E-state index in [-0.39, 0.29) is 5.54 Å². The Kier molecular flexibility index (Phi) is 4.79. The number of nitrogens with one attached hydrogen (secondary N) is 1. The quantitative estimate of drug-likeness (QED) is 0.735. The van der Waals surface area contributed by atoms with Gasteiger partial charge in [-0.15, -0.1) is 0 Å². The van der Waals surface area contributed by atoms with Gasteiger partial charge in [-0.25, -0.2) is 0 Å². The molecule has 0 spiro atoms. The molecule has 0 amide bonds. The third-order valence-electron chi connectivity index (χ3n) is 4.00. The van der Waals surface area contributed by atoms with Gasteiger partial charge in [-0.1, -0.05) is 13.8 Å². The zero-order chi connectivity index (χ0) is 12.3. The zero-order valence-electron chi connectivity index (χ0n) is 11.2. The molecule has 2 atom stereocenters. The van der Waals surface area contributed by atoms with Crippen LogP contribution in [-0.2, 0) is 0 Å². The topological polar surface area (TPSA) is 32.3 Å². The molecule has 0 aromatic heterocycles. The second-order valence-electron chi connectivity index (χ2n) is 6.28. The molecule has 2 unspecified atom stereocenters. The van der Waals surface area contributed by atoms with Crippen molar-refractivity contribution in [3.05, 3.63) is 0 Å². The Morgan fingerprint density at radius 1 is 1.35 bits per heavy atom. The lowest BCUT2D eigenvalue weighted by molar-refractivity contribution is 0.163. The van der Waals surface area contributed by atoms with Crippen LogP contribution in [-0.4, -0.2) is 34.3 Å². The van der Waals surface area contributed by atoms with Crippen LogP contribution in [0, 0.1) is 5.92 Å². The van der Waals surface area contributed by atoms with Crippen molar-refractivity contribution in [2.45, 2.75) is 69.2 Å². The largest absolute Gasteiger partial charge is 0.394 e. The molecule has 2 nitrogen and oxygen atoms in total. The summed E-state index contributed by atoms with van der Waals surface area (Å²) in [5.74, 6) is 2.10. The molecule has 3 heteroatoms. The summed E-state index contributed by atoms with van der Waals surface area (Å²) in [5, 5.41) is 14.1. The van der Waals surface area contributed by atoms with Crippen LogP contribution in [0.2, 0.25) is 0 Å². The lowest BCUT2D eigenvalue weighted by atomic mass is 9.99. The van der Waals surface area contributed by atoms with Crippen LogP contribution in [0.4, 0.5) is 0 Å². The van der Waals surface area contributed by atoms with Gasteiger partial charge < -0.3 is 10.4 Å². The third-order valence-corrected chi connectivity index (χ3v) is 5.35. The normalized spacial score (nSPS) is 33.5. The molecule has 17 heavy (non-hydrogen) atoms. The van der Waals surface area contributed by atoms with Crippen LogP contribution in [0.25, 0.3) is 0 Å². The maximum atomic E-state index is 9.65. The number of thioether (sulfide) groups is 1. The molecule has 2 saturated carbocycles. The molecule has 2 fully saturated rings. The zero-order valence-corrected chi connectivity index (χ0v) is 12.1. The highest BCUT2D eigenvalue weighted by Crippen LogP contribution is 2.39. The Bertz CT molecular complexity index is 242. The Hall–Kier alpha value is 0.270. The maximum absolute atomic E-state index is 9.65. The molecule has 0 heterocycles. The minimum atomic E-state index is 0.0661. The predicted octanol–water partition coefficient (Wildman–Crippen LogP) is 2.80. The summed E-state index contributed by atoms with van der Waals surface area (Å²) in [5.41, 5.74) is 0.0661. The first kappa shape index (κ1) is 13.7. The van der Waals surface area contributed by atoms with E-state index in [1.165, 1.54) is 44.3 Å². The molecular formula is C14H27NOS. The van der Waals surface area contributed by atoms with Gasteiger partial charge in [0.1, 0.15) is 0 Å². The minimum absolute atomic E-state index is 0.0661. The van der Waals surface area contributed by atoms with Gasteiger partial charge in [0, 0.05) is 16.8 Å². The molecule has 100 valence electrons. The predicted molar refractivity (Wildman–Crippen MR) is 75.5 cm³/mol. The van der Waals surface area contributed by atoms with Crippen molar-refractivity contribution in [1.29, 1.82) is 0 Å². The highest BCUT2D eigenvalue weighted by atomic mass is 32.2. The average molecular weight is 257 g/mol. The van der Waals surface area contributed by atoms with E-state index in [2.05, 4.69) is 30.9 Å².